The maximum absolute atomic E-state index is 13.0. The van der Waals surface area contributed by atoms with Crippen LogP contribution in [0.4, 0.5) is 0 Å². The van der Waals surface area contributed by atoms with Gasteiger partial charge in [0.25, 0.3) is 0 Å². The number of aromatic hydroxyl groups is 1. The fourth-order valence-electron chi connectivity index (χ4n) is 4.06. The number of rotatable bonds is 2. The van der Waals surface area contributed by atoms with Crippen molar-refractivity contribution >= 4 is 16.8 Å². The van der Waals surface area contributed by atoms with Crippen LogP contribution in [0.15, 0.2) is 21.3 Å². The predicted octanol–water partition coefficient (Wildman–Crippen LogP) is 3.59. The maximum Gasteiger partial charge on any atom is 0.336 e. The Bertz CT molecular complexity index is 879. The lowest BCUT2D eigenvalue weighted by Crippen LogP contribution is -2.40. The Kier molecular flexibility index (Phi) is 3.59. The third-order valence-electron chi connectivity index (χ3n) is 5.12. The van der Waals surface area contributed by atoms with Crippen LogP contribution in [0.1, 0.15) is 54.9 Å². The predicted molar refractivity (Wildman–Crippen MR) is 88.8 cm³/mol. The van der Waals surface area contributed by atoms with E-state index in [9.17, 15) is 14.7 Å². The van der Waals surface area contributed by atoms with Gasteiger partial charge in [-0.3, -0.25) is 4.79 Å². The minimum Gasteiger partial charge on any atom is -0.507 e. The molecule has 24 heavy (non-hydrogen) atoms. The highest BCUT2D eigenvalue weighted by molar-refractivity contribution is 6.12. The van der Waals surface area contributed by atoms with Gasteiger partial charge in [-0.15, -0.1) is 0 Å². The molecule has 0 saturated heterocycles. The zero-order chi connectivity index (χ0) is 16.8. The first-order valence-electron chi connectivity index (χ1n) is 8.63. The molecule has 1 aromatic heterocycles. The molecule has 1 saturated carbocycles. The number of aryl methyl sites for hydroxylation is 1. The zero-order valence-corrected chi connectivity index (χ0v) is 13.6. The summed E-state index contributed by atoms with van der Waals surface area (Å²) in [7, 11) is 0. The van der Waals surface area contributed by atoms with Gasteiger partial charge in [-0.25, -0.2) is 4.79 Å². The molecule has 2 atom stereocenters. The molecule has 2 aliphatic rings. The Balaban J connectivity index is 2.00. The molecule has 4 rings (SSSR count). The third-order valence-corrected chi connectivity index (χ3v) is 5.12. The average molecular weight is 328 g/mol. The van der Waals surface area contributed by atoms with E-state index >= 15 is 0 Å². The van der Waals surface area contributed by atoms with Gasteiger partial charge in [0.2, 0.25) is 0 Å². The molecule has 2 aromatic rings. The number of phenols is 1. The Hall–Kier alpha value is -2.30. The number of benzene rings is 1. The van der Waals surface area contributed by atoms with E-state index in [0.717, 1.165) is 32.1 Å². The second-order valence-electron chi connectivity index (χ2n) is 6.73. The lowest BCUT2D eigenvalue weighted by Gasteiger charge is -2.35. The molecule has 1 aliphatic carbocycles. The van der Waals surface area contributed by atoms with E-state index in [2.05, 4.69) is 0 Å². The van der Waals surface area contributed by atoms with Crippen molar-refractivity contribution in [3.05, 3.63) is 33.7 Å². The van der Waals surface area contributed by atoms with Gasteiger partial charge in [-0.1, -0.05) is 19.8 Å². The molecule has 0 spiro atoms. The Labute approximate surface area is 139 Å². The lowest BCUT2D eigenvalue weighted by molar-refractivity contribution is 0.0525. The second kappa shape index (κ2) is 5.65. The van der Waals surface area contributed by atoms with Gasteiger partial charge in [0.05, 0.1) is 11.3 Å². The Morgan fingerprint density at radius 3 is 2.79 bits per heavy atom. The van der Waals surface area contributed by atoms with Crippen molar-refractivity contribution in [2.75, 3.05) is 0 Å². The van der Waals surface area contributed by atoms with Crippen molar-refractivity contribution in [1.29, 1.82) is 0 Å². The molecule has 126 valence electrons. The fourth-order valence-corrected chi connectivity index (χ4v) is 4.06. The molecule has 1 aromatic carbocycles. The number of fused-ring (bicyclic) bond motifs is 4. The van der Waals surface area contributed by atoms with Crippen LogP contribution in [0.5, 0.6) is 11.5 Å². The molecule has 0 bridgehead atoms. The topological polar surface area (TPSA) is 76.7 Å². The van der Waals surface area contributed by atoms with Crippen molar-refractivity contribution in [3.63, 3.8) is 0 Å². The largest absolute Gasteiger partial charge is 0.507 e. The number of ketones is 1. The summed E-state index contributed by atoms with van der Waals surface area (Å²) in [5, 5.41) is 10.9. The van der Waals surface area contributed by atoms with E-state index in [-0.39, 0.29) is 29.1 Å². The molecular weight excluding hydrogens is 308 g/mol. The van der Waals surface area contributed by atoms with Crippen LogP contribution in [0.3, 0.4) is 0 Å². The number of Topliss-reactive ketones (excluding diaryl/α,β-unsaturated/α-hetero) is 1. The minimum absolute atomic E-state index is 0.00184. The molecule has 1 N–H and O–H groups in total. The van der Waals surface area contributed by atoms with Crippen molar-refractivity contribution in [3.8, 4) is 11.5 Å². The number of carbonyl (C=O) groups excluding carboxylic acids is 1. The summed E-state index contributed by atoms with van der Waals surface area (Å²) in [6, 6.07) is 2.90. The number of hydrogen-bond acceptors (Lipinski definition) is 5. The minimum atomic E-state index is -0.502. The van der Waals surface area contributed by atoms with Gasteiger partial charge in [0.1, 0.15) is 23.2 Å². The van der Waals surface area contributed by atoms with E-state index in [1.54, 1.807) is 0 Å². The van der Waals surface area contributed by atoms with E-state index < -0.39 is 5.63 Å². The molecule has 1 fully saturated rings. The van der Waals surface area contributed by atoms with Crippen LogP contribution in [0.25, 0.3) is 11.0 Å². The van der Waals surface area contributed by atoms with Crippen molar-refractivity contribution < 1.29 is 19.1 Å². The van der Waals surface area contributed by atoms with Crippen LogP contribution < -0.4 is 10.4 Å². The number of phenolic OH excluding ortho intramolecular Hbond substituents is 1. The number of carbonyl (C=O) groups is 1. The van der Waals surface area contributed by atoms with Gasteiger partial charge < -0.3 is 14.3 Å². The monoisotopic (exact) mass is 328 g/mol. The highest BCUT2D eigenvalue weighted by atomic mass is 16.5. The standard InChI is InChI=1S/C19H20O5/c1-2-5-10-8-15(21)24-19-16(10)12(20)9-14-17(19)18(22)11-6-3-4-7-13(11)23-14/h8-9,11,13,20H,2-7H2,1H3/t11-,13+/m1/s1. The van der Waals surface area contributed by atoms with Crippen molar-refractivity contribution in [2.45, 2.75) is 51.6 Å². The average Bonchev–Trinajstić information content (AvgIpc) is 2.54. The molecule has 1 aliphatic heterocycles. The summed E-state index contributed by atoms with van der Waals surface area (Å²) >= 11 is 0. The first-order valence-corrected chi connectivity index (χ1v) is 8.63. The highest BCUT2D eigenvalue weighted by Gasteiger charge is 2.41. The Morgan fingerprint density at radius 1 is 1.21 bits per heavy atom. The van der Waals surface area contributed by atoms with E-state index in [1.807, 2.05) is 6.92 Å². The first kappa shape index (κ1) is 15.2. The van der Waals surface area contributed by atoms with E-state index in [1.165, 1.54) is 12.1 Å². The van der Waals surface area contributed by atoms with Crippen LogP contribution >= 0.6 is 0 Å². The molecule has 0 unspecified atom stereocenters. The summed E-state index contributed by atoms with van der Waals surface area (Å²) in [6.45, 7) is 2.00. The van der Waals surface area contributed by atoms with E-state index in [0.29, 0.717) is 28.7 Å². The smallest absolute Gasteiger partial charge is 0.336 e. The second-order valence-corrected chi connectivity index (χ2v) is 6.73. The zero-order valence-electron chi connectivity index (χ0n) is 13.6. The SMILES string of the molecule is CCCc1cc(=O)oc2c3c(cc(O)c12)O[C@H]1CCCC[C@H]1C3=O. The highest BCUT2D eigenvalue weighted by Crippen LogP contribution is 2.44. The van der Waals surface area contributed by atoms with Gasteiger partial charge in [-0.05, 0) is 31.2 Å². The fraction of sp³-hybridized carbons (Fsp3) is 0.474. The van der Waals surface area contributed by atoms with Gasteiger partial charge in [-0.2, -0.15) is 0 Å². The quantitative estimate of drug-likeness (QED) is 0.853. The first-order chi connectivity index (χ1) is 11.6. The summed E-state index contributed by atoms with van der Waals surface area (Å²) in [6.07, 6.45) is 5.01. The Morgan fingerprint density at radius 2 is 2.00 bits per heavy atom. The van der Waals surface area contributed by atoms with Gasteiger partial charge >= 0.3 is 5.63 Å². The van der Waals surface area contributed by atoms with Crippen LogP contribution in [-0.2, 0) is 6.42 Å². The molecule has 2 heterocycles. The van der Waals surface area contributed by atoms with Crippen LogP contribution in [0.2, 0.25) is 0 Å². The van der Waals surface area contributed by atoms with Crippen molar-refractivity contribution in [2.24, 2.45) is 5.92 Å². The molecular formula is C19H20O5. The van der Waals surface area contributed by atoms with Crippen LogP contribution in [-0.4, -0.2) is 17.0 Å². The lowest BCUT2D eigenvalue weighted by atomic mass is 9.79. The summed E-state index contributed by atoms with van der Waals surface area (Å²) < 4.78 is 11.4. The van der Waals surface area contributed by atoms with Crippen LogP contribution in [0, 0.1) is 5.92 Å². The number of ether oxygens (including phenoxy) is 1. The van der Waals surface area contributed by atoms with Crippen molar-refractivity contribution in [1.82, 2.24) is 0 Å². The molecule has 5 nitrogen and oxygen atoms in total. The normalized spacial score (nSPS) is 22.8. The maximum atomic E-state index is 13.0. The van der Waals surface area contributed by atoms with E-state index in [4.69, 9.17) is 9.15 Å². The molecule has 0 amide bonds. The molecule has 5 heteroatoms. The summed E-state index contributed by atoms with van der Waals surface area (Å²) in [4.78, 5) is 25.0. The van der Waals surface area contributed by atoms with Gasteiger partial charge in [0.15, 0.2) is 11.4 Å². The summed E-state index contributed by atoms with van der Waals surface area (Å²) in [5.41, 5.74) is 0.705. The number of hydrogen-bond donors (Lipinski definition) is 1. The molecule has 0 radical (unpaired) electrons. The third kappa shape index (κ3) is 2.22. The summed E-state index contributed by atoms with van der Waals surface area (Å²) in [5.74, 6) is 0.129. The van der Waals surface area contributed by atoms with Gasteiger partial charge in [0, 0.05) is 12.1 Å².